The molecule has 0 saturated carbocycles. The normalized spacial score (nSPS) is 19.0. The molecule has 0 fully saturated rings. The number of nitrogens with zero attached hydrogens (tertiary/aromatic N) is 2. The molecule has 0 bridgehead atoms. The fourth-order valence-electron chi connectivity index (χ4n) is 2.09. The maximum atomic E-state index is 5.20. The van der Waals surface area contributed by atoms with Crippen molar-refractivity contribution in [2.24, 2.45) is 4.99 Å². The maximum Gasteiger partial charge on any atom is 0.156 e. The van der Waals surface area contributed by atoms with Crippen LogP contribution < -0.4 is 4.74 Å². The lowest BCUT2D eigenvalue weighted by Crippen LogP contribution is -2.10. The van der Waals surface area contributed by atoms with E-state index in [1.54, 1.807) is 7.11 Å². The van der Waals surface area contributed by atoms with Gasteiger partial charge >= 0.3 is 0 Å². The molecule has 3 rings (SSSR count). The first-order valence-corrected chi connectivity index (χ1v) is 6.05. The van der Waals surface area contributed by atoms with Crippen LogP contribution in [0.25, 0.3) is 11.0 Å². The quantitative estimate of drug-likeness (QED) is 0.878. The van der Waals surface area contributed by atoms with E-state index in [0.29, 0.717) is 6.04 Å². The van der Waals surface area contributed by atoms with E-state index < -0.39 is 0 Å². The molecule has 2 heterocycles. The van der Waals surface area contributed by atoms with E-state index in [-0.39, 0.29) is 0 Å². The zero-order valence-corrected chi connectivity index (χ0v) is 10.5. The number of aromatic amines is 1. The first-order valence-electron chi connectivity index (χ1n) is 6.05. The average Bonchev–Trinajstić information content (AvgIpc) is 2.81. The second kappa shape index (κ2) is 4.29. The summed E-state index contributed by atoms with van der Waals surface area (Å²) in [4.78, 5) is 12.4. The summed E-state index contributed by atoms with van der Waals surface area (Å²) in [5.74, 6) is 1.65. The van der Waals surface area contributed by atoms with Crippen molar-refractivity contribution >= 4 is 16.7 Å². The predicted octanol–water partition coefficient (Wildman–Crippen LogP) is 2.71. The van der Waals surface area contributed by atoms with Gasteiger partial charge in [0.05, 0.1) is 24.2 Å². The van der Waals surface area contributed by atoms with Crippen molar-refractivity contribution in [3.63, 3.8) is 0 Å². The zero-order valence-electron chi connectivity index (χ0n) is 10.5. The van der Waals surface area contributed by atoms with Crippen molar-refractivity contribution < 1.29 is 4.74 Å². The van der Waals surface area contributed by atoms with Crippen LogP contribution in [0.4, 0.5) is 0 Å². The lowest BCUT2D eigenvalue weighted by molar-refractivity contribution is 0.415. The Morgan fingerprint density at radius 3 is 3.06 bits per heavy atom. The number of methoxy groups -OCH3 is 1. The molecule has 1 atom stereocenters. The fourth-order valence-corrected chi connectivity index (χ4v) is 2.09. The Kier molecular flexibility index (Phi) is 2.63. The van der Waals surface area contributed by atoms with Crippen LogP contribution in [-0.4, -0.2) is 28.8 Å². The summed E-state index contributed by atoms with van der Waals surface area (Å²) in [5, 5.41) is 0. The molecule has 2 aromatic rings. The predicted molar refractivity (Wildman–Crippen MR) is 72.4 cm³/mol. The molecule has 0 amide bonds. The van der Waals surface area contributed by atoms with E-state index in [2.05, 4.69) is 28.0 Å². The minimum atomic E-state index is 0.327. The van der Waals surface area contributed by atoms with Crippen LogP contribution in [0.5, 0.6) is 5.75 Å². The van der Waals surface area contributed by atoms with Gasteiger partial charge in [0, 0.05) is 6.07 Å². The largest absolute Gasteiger partial charge is 0.497 e. The van der Waals surface area contributed by atoms with Crippen LogP contribution in [0.1, 0.15) is 19.2 Å². The molecule has 1 aliphatic heterocycles. The Bertz CT molecular complexity index is 640. The van der Waals surface area contributed by atoms with Gasteiger partial charge in [0.1, 0.15) is 11.5 Å². The number of ether oxygens (including phenoxy) is 1. The number of aliphatic imine (C=N–C) groups is 1. The molecule has 0 spiro atoms. The van der Waals surface area contributed by atoms with E-state index in [1.165, 1.54) is 0 Å². The van der Waals surface area contributed by atoms with Gasteiger partial charge in [0.25, 0.3) is 0 Å². The highest BCUT2D eigenvalue weighted by molar-refractivity contribution is 6.08. The molecule has 4 heteroatoms. The molecule has 1 N–H and O–H groups in total. The van der Waals surface area contributed by atoms with Gasteiger partial charge in [-0.2, -0.15) is 0 Å². The molecule has 0 aliphatic carbocycles. The zero-order chi connectivity index (χ0) is 12.5. The molecular formula is C14H15N3O. The van der Waals surface area contributed by atoms with Crippen LogP contribution >= 0.6 is 0 Å². The van der Waals surface area contributed by atoms with Gasteiger partial charge < -0.3 is 9.72 Å². The van der Waals surface area contributed by atoms with E-state index in [9.17, 15) is 0 Å². The summed E-state index contributed by atoms with van der Waals surface area (Å²) in [5.41, 5.74) is 2.82. The van der Waals surface area contributed by atoms with Crippen LogP contribution in [0.3, 0.4) is 0 Å². The van der Waals surface area contributed by atoms with Gasteiger partial charge in [0.2, 0.25) is 0 Å². The molecule has 1 unspecified atom stereocenters. The van der Waals surface area contributed by atoms with Gasteiger partial charge in [0.15, 0.2) is 5.82 Å². The number of hydrogen-bond donors (Lipinski definition) is 1. The number of allylic oxidation sites excluding steroid dienone is 1. The lowest BCUT2D eigenvalue weighted by Gasteiger charge is -2.09. The summed E-state index contributed by atoms with van der Waals surface area (Å²) in [6.07, 6.45) is 5.16. The van der Waals surface area contributed by atoms with Gasteiger partial charge in [-0.15, -0.1) is 0 Å². The summed E-state index contributed by atoms with van der Waals surface area (Å²) in [7, 11) is 1.66. The number of imidazole rings is 1. The van der Waals surface area contributed by atoms with Crippen molar-refractivity contribution in [1.29, 1.82) is 0 Å². The van der Waals surface area contributed by atoms with Crippen LogP contribution in [0.2, 0.25) is 0 Å². The Morgan fingerprint density at radius 1 is 1.39 bits per heavy atom. The van der Waals surface area contributed by atoms with E-state index >= 15 is 0 Å². The average molecular weight is 241 g/mol. The number of aromatic nitrogens is 2. The fraction of sp³-hybridized carbons (Fsp3) is 0.286. The van der Waals surface area contributed by atoms with Crippen LogP contribution in [0.15, 0.2) is 35.3 Å². The molecule has 4 nitrogen and oxygen atoms in total. The van der Waals surface area contributed by atoms with Crippen molar-refractivity contribution in [3.05, 3.63) is 36.2 Å². The molecular weight excluding hydrogens is 226 g/mol. The minimum Gasteiger partial charge on any atom is -0.497 e. The summed E-state index contributed by atoms with van der Waals surface area (Å²) in [6.45, 7) is 2.11. The topological polar surface area (TPSA) is 50.3 Å². The third-order valence-corrected chi connectivity index (χ3v) is 3.04. The molecule has 92 valence electrons. The monoisotopic (exact) mass is 241 g/mol. The van der Waals surface area contributed by atoms with Crippen molar-refractivity contribution in [1.82, 2.24) is 9.97 Å². The molecule has 0 saturated heterocycles. The molecule has 1 aromatic heterocycles. The highest BCUT2D eigenvalue weighted by Crippen LogP contribution is 2.20. The summed E-state index contributed by atoms with van der Waals surface area (Å²) < 4.78 is 5.20. The Balaban J connectivity index is 2.05. The van der Waals surface area contributed by atoms with E-state index in [1.807, 2.05) is 24.3 Å². The first-order chi connectivity index (χ1) is 8.76. The van der Waals surface area contributed by atoms with Crippen molar-refractivity contribution in [3.8, 4) is 5.75 Å². The molecule has 0 radical (unpaired) electrons. The molecule has 1 aliphatic rings. The highest BCUT2D eigenvalue weighted by Gasteiger charge is 2.12. The Labute approximate surface area is 105 Å². The van der Waals surface area contributed by atoms with Gasteiger partial charge in [-0.3, -0.25) is 4.99 Å². The third-order valence-electron chi connectivity index (χ3n) is 3.04. The maximum absolute atomic E-state index is 5.20. The number of rotatable bonds is 2. The van der Waals surface area contributed by atoms with Gasteiger partial charge in [-0.1, -0.05) is 6.08 Å². The van der Waals surface area contributed by atoms with Gasteiger partial charge in [-0.05, 0) is 31.6 Å². The van der Waals surface area contributed by atoms with Crippen molar-refractivity contribution in [2.75, 3.05) is 7.11 Å². The first kappa shape index (κ1) is 11.0. The number of fused-ring (bicyclic) bond motifs is 1. The second-order valence-electron chi connectivity index (χ2n) is 4.47. The summed E-state index contributed by atoms with van der Waals surface area (Å²) >= 11 is 0. The second-order valence-corrected chi connectivity index (χ2v) is 4.47. The SMILES string of the molecule is COc1ccc2nc(C3=NC(C)CC=C3)[nH]c2c1. The van der Waals surface area contributed by atoms with E-state index in [4.69, 9.17) is 4.74 Å². The summed E-state index contributed by atoms with van der Waals surface area (Å²) in [6, 6.07) is 6.13. The standard InChI is InChI=1S/C14H15N3O/c1-9-4-3-5-12(15-9)14-16-11-7-6-10(18-2)8-13(11)17-14/h3,5-9H,4H2,1-2H3,(H,16,17). The number of nitrogens with one attached hydrogen (secondary N) is 1. The molecule has 18 heavy (non-hydrogen) atoms. The third kappa shape index (κ3) is 1.90. The highest BCUT2D eigenvalue weighted by atomic mass is 16.5. The molecule has 1 aromatic carbocycles. The number of dihydropyridines is 1. The number of H-pyrrole nitrogens is 1. The van der Waals surface area contributed by atoms with E-state index in [0.717, 1.165) is 34.7 Å². The lowest BCUT2D eigenvalue weighted by atomic mass is 10.1. The van der Waals surface area contributed by atoms with Crippen LogP contribution in [0, 0.1) is 0 Å². The van der Waals surface area contributed by atoms with Gasteiger partial charge in [-0.25, -0.2) is 4.98 Å². The van der Waals surface area contributed by atoms with Crippen LogP contribution in [-0.2, 0) is 0 Å². The Hall–Kier alpha value is -2.10. The Morgan fingerprint density at radius 2 is 2.28 bits per heavy atom. The smallest absolute Gasteiger partial charge is 0.156 e. The number of benzene rings is 1. The minimum absolute atomic E-state index is 0.327. The van der Waals surface area contributed by atoms with Crippen molar-refractivity contribution in [2.45, 2.75) is 19.4 Å². The number of hydrogen-bond acceptors (Lipinski definition) is 3.